The van der Waals surface area contributed by atoms with Crippen molar-refractivity contribution >= 4 is 29.3 Å². The molecule has 3 aromatic heterocycles. The largest absolute Gasteiger partial charge is 0.365 e. The highest BCUT2D eigenvalue weighted by molar-refractivity contribution is 5.95. The van der Waals surface area contributed by atoms with Gasteiger partial charge in [0.15, 0.2) is 0 Å². The third-order valence-corrected chi connectivity index (χ3v) is 3.16. The Bertz CT molecular complexity index is 878. The first-order valence-electron chi connectivity index (χ1n) is 6.34. The van der Waals surface area contributed by atoms with Gasteiger partial charge in [0.05, 0.1) is 17.6 Å². The molecule has 3 heterocycles. The van der Waals surface area contributed by atoms with Gasteiger partial charge in [-0.15, -0.1) is 12.4 Å². The van der Waals surface area contributed by atoms with Crippen molar-refractivity contribution in [2.24, 2.45) is 5.73 Å². The minimum Gasteiger partial charge on any atom is -0.365 e. The third-order valence-electron chi connectivity index (χ3n) is 3.16. The number of rotatable bonds is 3. The summed E-state index contributed by atoms with van der Waals surface area (Å²) in [5, 5.41) is 0.365. The van der Waals surface area contributed by atoms with Gasteiger partial charge in [-0.1, -0.05) is 6.07 Å². The predicted octanol–water partition coefficient (Wildman–Crippen LogP) is 1.36. The Morgan fingerprint density at radius 1 is 1.14 bits per heavy atom. The second-order valence-corrected chi connectivity index (χ2v) is 4.56. The number of hydrogen-bond acceptors (Lipinski definition) is 4. The van der Waals surface area contributed by atoms with Crippen LogP contribution in [0.5, 0.6) is 0 Å². The minimum absolute atomic E-state index is 0. The van der Waals surface area contributed by atoms with Gasteiger partial charge >= 0.3 is 0 Å². The minimum atomic E-state index is -0.750. The number of halogens is 1. The fourth-order valence-electron chi connectivity index (χ4n) is 2.19. The number of amides is 1. The van der Waals surface area contributed by atoms with E-state index in [0.29, 0.717) is 17.6 Å². The molecule has 0 saturated heterocycles. The van der Waals surface area contributed by atoms with Crippen LogP contribution in [0.3, 0.4) is 0 Å². The molecule has 112 valence electrons. The molecule has 0 aliphatic heterocycles. The molecule has 0 unspecified atom stereocenters. The molecule has 0 spiro atoms. The molecule has 0 aliphatic carbocycles. The number of nitrogens with zero attached hydrogens (tertiary/aromatic N) is 3. The zero-order valence-electron chi connectivity index (χ0n) is 11.5. The molecule has 2 N–H and O–H groups in total. The van der Waals surface area contributed by atoms with Crippen molar-refractivity contribution in [3.8, 4) is 0 Å². The van der Waals surface area contributed by atoms with Crippen LogP contribution in [0.4, 0.5) is 0 Å². The first kappa shape index (κ1) is 15.7. The predicted molar refractivity (Wildman–Crippen MR) is 85.1 cm³/mol. The lowest BCUT2D eigenvalue weighted by Crippen LogP contribution is -2.24. The highest BCUT2D eigenvalue weighted by Gasteiger charge is 2.13. The Balaban J connectivity index is 0.00000176. The maximum absolute atomic E-state index is 12.2. The van der Waals surface area contributed by atoms with Crippen LogP contribution in [0.2, 0.25) is 0 Å². The number of hydrogen-bond donors (Lipinski definition) is 1. The lowest BCUT2D eigenvalue weighted by molar-refractivity contribution is 0.0999. The standard InChI is InChI=1S/C15H12N4O2.ClH/c16-14(21)12-9-19(8-10-4-1-2-6-17-10)15-11(13(12)20)5-3-7-18-15;/h1-7,9H,8H2,(H2,16,21);1H. The maximum Gasteiger partial charge on any atom is 0.254 e. The molecule has 6 nitrogen and oxygen atoms in total. The van der Waals surface area contributed by atoms with Crippen LogP contribution in [-0.2, 0) is 6.54 Å². The lowest BCUT2D eigenvalue weighted by Gasteiger charge is -2.11. The summed E-state index contributed by atoms with van der Waals surface area (Å²) < 4.78 is 1.71. The fourth-order valence-corrected chi connectivity index (χ4v) is 2.19. The van der Waals surface area contributed by atoms with Crippen LogP contribution in [-0.4, -0.2) is 20.4 Å². The summed E-state index contributed by atoms with van der Waals surface area (Å²) in [6.45, 7) is 0.398. The molecule has 0 bridgehead atoms. The molecule has 0 aliphatic rings. The van der Waals surface area contributed by atoms with Crippen LogP contribution < -0.4 is 11.2 Å². The molecule has 3 aromatic rings. The van der Waals surface area contributed by atoms with Crippen molar-refractivity contribution < 1.29 is 4.79 Å². The zero-order valence-corrected chi connectivity index (χ0v) is 12.3. The summed E-state index contributed by atoms with van der Waals surface area (Å²) in [6, 6.07) is 8.83. The van der Waals surface area contributed by atoms with Crippen LogP contribution in [0.15, 0.2) is 53.7 Å². The Morgan fingerprint density at radius 3 is 2.59 bits per heavy atom. The summed E-state index contributed by atoms with van der Waals surface area (Å²) in [6.07, 6.45) is 4.72. The van der Waals surface area contributed by atoms with E-state index in [1.807, 2.05) is 18.2 Å². The molecule has 22 heavy (non-hydrogen) atoms. The van der Waals surface area contributed by atoms with E-state index >= 15 is 0 Å². The first-order chi connectivity index (χ1) is 10.2. The number of nitrogens with two attached hydrogens (primary N) is 1. The summed E-state index contributed by atoms with van der Waals surface area (Å²) >= 11 is 0. The van der Waals surface area contributed by atoms with Crippen molar-refractivity contribution in [1.29, 1.82) is 0 Å². The van der Waals surface area contributed by atoms with Gasteiger partial charge in [-0.3, -0.25) is 14.6 Å². The highest BCUT2D eigenvalue weighted by Crippen LogP contribution is 2.10. The first-order valence-corrected chi connectivity index (χ1v) is 6.34. The molecule has 7 heteroatoms. The number of carbonyl (C=O) groups is 1. The number of primary amides is 1. The van der Waals surface area contributed by atoms with Gasteiger partial charge in [-0.2, -0.15) is 0 Å². The average molecular weight is 317 g/mol. The van der Waals surface area contributed by atoms with Crippen molar-refractivity contribution in [3.63, 3.8) is 0 Å². The van der Waals surface area contributed by atoms with E-state index in [-0.39, 0.29) is 18.0 Å². The maximum atomic E-state index is 12.2. The molecule has 0 radical (unpaired) electrons. The van der Waals surface area contributed by atoms with E-state index in [0.717, 1.165) is 5.69 Å². The summed E-state index contributed by atoms with van der Waals surface area (Å²) in [5.41, 5.74) is 6.12. The molecule has 0 aromatic carbocycles. The summed E-state index contributed by atoms with van der Waals surface area (Å²) in [7, 11) is 0. The quantitative estimate of drug-likeness (QED) is 0.790. The molecule has 0 saturated carbocycles. The van der Waals surface area contributed by atoms with Gasteiger partial charge in [0.1, 0.15) is 11.2 Å². The topological polar surface area (TPSA) is 90.9 Å². The van der Waals surface area contributed by atoms with Crippen LogP contribution in [0, 0.1) is 0 Å². The second kappa shape index (κ2) is 6.36. The number of pyridine rings is 3. The van der Waals surface area contributed by atoms with Crippen LogP contribution in [0.25, 0.3) is 11.0 Å². The molecule has 0 fully saturated rings. The van der Waals surface area contributed by atoms with Crippen LogP contribution >= 0.6 is 12.4 Å². The molecular weight excluding hydrogens is 304 g/mol. The van der Waals surface area contributed by atoms with Crippen LogP contribution in [0.1, 0.15) is 16.1 Å². The SMILES string of the molecule is Cl.NC(=O)c1cn(Cc2ccccn2)c2ncccc2c1=O. The van der Waals surface area contributed by atoms with Crippen molar-refractivity contribution in [2.45, 2.75) is 6.54 Å². The normalized spacial score (nSPS) is 10.2. The van der Waals surface area contributed by atoms with E-state index in [1.54, 1.807) is 29.1 Å². The van der Waals surface area contributed by atoms with Gasteiger partial charge in [0, 0.05) is 18.6 Å². The van der Waals surface area contributed by atoms with E-state index in [4.69, 9.17) is 5.73 Å². The number of aromatic nitrogens is 3. The lowest BCUT2D eigenvalue weighted by atomic mass is 10.2. The van der Waals surface area contributed by atoms with Gasteiger partial charge in [-0.05, 0) is 24.3 Å². The Hall–Kier alpha value is -2.73. The smallest absolute Gasteiger partial charge is 0.254 e. The zero-order chi connectivity index (χ0) is 14.8. The Kier molecular flexibility index (Phi) is 4.53. The van der Waals surface area contributed by atoms with Gasteiger partial charge in [-0.25, -0.2) is 4.98 Å². The number of fused-ring (bicyclic) bond motifs is 1. The molecule has 1 amide bonds. The van der Waals surface area contributed by atoms with E-state index < -0.39 is 11.3 Å². The molecule has 0 atom stereocenters. The second-order valence-electron chi connectivity index (χ2n) is 4.56. The monoisotopic (exact) mass is 316 g/mol. The van der Waals surface area contributed by atoms with E-state index in [9.17, 15) is 9.59 Å². The highest BCUT2D eigenvalue weighted by atomic mass is 35.5. The Morgan fingerprint density at radius 2 is 1.91 bits per heavy atom. The Labute approximate surface area is 132 Å². The molecular formula is C15H13ClN4O2. The van der Waals surface area contributed by atoms with Gasteiger partial charge in [0.25, 0.3) is 5.91 Å². The van der Waals surface area contributed by atoms with Crippen molar-refractivity contribution in [2.75, 3.05) is 0 Å². The molecule has 3 rings (SSSR count). The van der Waals surface area contributed by atoms with E-state index in [1.165, 1.54) is 6.20 Å². The van der Waals surface area contributed by atoms with Gasteiger partial charge in [0.2, 0.25) is 5.43 Å². The van der Waals surface area contributed by atoms with Crippen molar-refractivity contribution in [3.05, 3.63) is 70.4 Å². The summed E-state index contributed by atoms with van der Waals surface area (Å²) in [5.74, 6) is -0.750. The average Bonchev–Trinajstić information content (AvgIpc) is 2.51. The summed E-state index contributed by atoms with van der Waals surface area (Å²) in [4.78, 5) is 32.1. The number of carbonyl (C=O) groups excluding carboxylic acids is 1. The third kappa shape index (κ3) is 2.82. The van der Waals surface area contributed by atoms with Crippen molar-refractivity contribution in [1.82, 2.24) is 14.5 Å². The van der Waals surface area contributed by atoms with Gasteiger partial charge < -0.3 is 10.3 Å². The fraction of sp³-hybridized carbons (Fsp3) is 0.0667. The van der Waals surface area contributed by atoms with E-state index in [2.05, 4.69) is 9.97 Å².